The highest BCUT2D eigenvalue weighted by Gasteiger charge is 1.98. The number of aromatic nitrogens is 1. The molecule has 0 aliphatic heterocycles. The van der Waals surface area contributed by atoms with Crippen molar-refractivity contribution in [3.05, 3.63) is 24.0 Å². The normalized spacial score (nSPS) is 10.5. The molecule has 1 rings (SSSR count). The highest BCUT2D eigenvalue weighted by molar-refractivity contribution is 5.22. The standard InChI is InChI=1S/C13H22N2O2/c1-3-6-14-11-12-10-13(5-7-15-12)17-9-4-8-16-2/h5,7,10,14H,3-4,6,8-9,11H2,1-2H3. The minimum atomic E-state index is 0.680. The third-order valence-electron chi connectivity index (χ3n) is 2.28. The van der Waals surface area contributed by atoms with Crippen LogP contribution in [0.1, 0.15) is 25.5 Å². The monoisotopic (exact) mass is 238 g/mol. The fourth-order valence-corrected chi connectivity index (χ4v) is 1.43. The molecule has 0 unspecified atom stereocenters. The third-order valence-corrected chi connectivity index (χ3v) is 2.28. The molecule has 0 amide bonds. The van der Waals surface area contributed by atoms with E-state index in [1.165, 1.54) is 0 Å². The van der Waals surface area contributed by atoms with Crippen LogP contribution in [0, 0.1) is 0 Å². The third kappa shape index (κ3) is 6.24. The van der Waals surface area contributed by atoms with Gasteiger partial charge in [0.2, 0.25) is 0 Å². The number of hydrogen-bond acceptors (Lipinski definition) is 4. The predicted molar refractivity (Wildman–Crippen MR) is 68.2 cm³/mol. The van der Waals surface area contributed by atoms with E-state index in [4.69, 9.17) is 9.47 Å². The molecule has 17 heavy (non-hydrogen) atoms. The summed E-state index contributed by atoms with van der Waals surface area (Å²) in [6.45, 7) is 5.37. The van der Waals surface area contributed by atoms with Crippen LogP contribution in [0.25, 0.3) is 0 Å². The van der Waals surface area contributed by atoms with Gasteiger partial charge in [-0.15, -0.1) is 0 Å². The lowest BCUT2D eigenvalue weighted by molar-refractivity contribution is 0.172. The molecule has 0 radical (unpaired) electrons. The first-order chi connectivity index (χ1) is 8.36. The van der Waals surface area contributed by atoms with Crippen molar-refractivity contribution in [1.29, 1.82) is 0 Å². The molecule has 0 atom stereocenters. The van der Waals surface area contributed by atoms with Gasteiger partial charge in [0, 0.05) is 38.9 Å². The van der Waals surface area contributed by atoms with Gasteiger partial charge in [0.15, 0.2) is 0 Å². The molecule has 1 aromatic heterocycles. The molecule has 0 spiro atoms. The van der Waals surface area contributed by atoms with E-state index in [-0.39, 0.29) is 0 Å². The van der Waals surface area contributed by atoms with Gasteiger partial charge in [-0.2, -0.15) is 0 Å². The number of ether oxygens (including phenoxy) is 2. The lowest BCUT2D eigenvalue weighted by Gasteiger charge is -2.07. The molecule has 0 saturated carbocycles. The van der Waals surface area contributed by atoms with E-state index >= 15 is 0 Å². The van der Waals surface area contributed by atoms with Crippen LogP contribution in [-0.4, -0.2) is 31.9 Å². The van der Waals surface area contributed by atoms with Gasteiger partial charge in [-0.1, -0.05) is 6.92 Å². The zero-order chi connectivity index (χ0) is 12.3. The van der Waals surface area contributed by atoms with Gasteiger partial charge in [0.05, 0.1) is 12.3 Å². The smallest absolute Gasteiger partial charge is 0.122 e. The first-order valence-corrected chi connectivity index (χ1v) is 6.14. The van der Waals surface area contributed by atoms with Gasteiger partial charge in [-0.25, -0.2) is 0 Å². The minimum absolute atomic E-state index is 0.680. The zero-order valence-electron chi connectivity index (χ0n) is 10.7. The Morgan fingerprint density at radius 3 is 3.00 bits per heavy atom. The van der Waals surface area contributed by atoms with Gasteiger partial charge in [-0.3, -0.25) is 4.98 Å². The number of pyridine rings is 1. The molecule has 4 nitrogen and oxygen atoms in total. The summed E-state index contributed by atoms with van der Waals surface area (Å²) in [5.41, 5.74) is 1.02. The maximum atomic E-state index is 5.61. The van der Waals surface area contributed by atoms with E-state index in [0.717, 1.165) is 44.0 Å². The Kier molecular flexibility index (Phi) is 7.34. The van der Waals surface area contributed by atoms with Crippen molar-refractivity contribution in [3.8, 4) is 5.75 Å². The van der Waals surface area contributed by atoms with Crippen molar-refractivity contribution >= 4 is 0 Å². The van der Waals surface area contributed by atoms with Crippen molar-refractivity contribution < 1.29 is 9.47 Å². The molecule has 1 N–H and O–H groups in total. The van der Waals surface area contributed by atoms with Crippen molar-refractivity contribution in [1.82, 2.24) is 10.3 Å². The SMILES string of the molecule is CCCNCc1cc(OCCCOC)ccn1. The molecular formula is C13H22N2O2. The zero-order valence-corrected chi connectivity index (χ0v) is 10.7. The first-order valence-electron chi connectivity index (χ1n) is 6.14. The summed E-state index contributed by atoms with van der Waals surface area (Å²) in [6, 6.07) is 3.87. The Morgan fingerprint density at radius 1 is 1.35 bits per heavy atom. The summed E-state index contributed by atoms with van der Waals surface area (Å²) in [4.78, 5) is 4.29. The summed E-state index contributed by atoms with van der Waals surface area (Å²) in [6.07, 6.45) is 3.82. The largest absolute Gasteiger partial charge is 0.493 e. The molecule has 1 aromatic rings. The topological polar surface area (TPSA) is 43.4 Å². The lowest BCUT2D eigenvalue weighted by Crippen LogP contribution is -2.14. The van der Waals surface area contributed by atoms with E-state index < -0.39 is 0 Å². The van der Waals surface area contributed by atoms with Crippen molar-refractivity contribution in [3.63, 3.8) is 0 Å². The molecule has 0 aliphatic rings. The summed E-state index contributed by atoms with van der Waals surface area (Å²) in [5.74, 6) is 0.879. The fraction of sp³-hybridized carbons (Fsp3) is 0.615. The van der Waals surface area contributed by atoms with Crippen LogP contribution in [-0.2, 0) is 11.3 Å². The number of methoxy groups -OCH3 is 1. The first kappa shape index (κ1) is 13.9. The van der Waals surface area contributed by atoms with E-state index in [1.807, 2.05) is 12.1 Å². The van der Waals surface area contributed by atoms with Crippen LogP contribution in [0.15, 0.2) is 18.3 Å². The average Bonchev–Trinajstić information content (AvgIpc) is 2.36. The Labute approximate surface area is 103 Å². The van der Waals surface area contributed by atoms with Crippen LogP contribution < -0.4 is 10.1 Å². The number of nitrogens with one attached hydrogen (secondary N) is 1. The highest BCUT2D eigenvalue weighted by atomic mass is 16.5. The van der Waals surface area contributed by atoms with Crippen LogP contribution in [0.3, 0.4) is 0 Å². The summed E-state index contributed by atoms with van der Waals surface area (Å²) in [5, 5.41) is 3.32. The van der Waals surface area contributed by atoms with Crippen LogP contribution in [0.2, 0.25) is 0 Å². The Morgan fingerprint density at radius 2 is 2.24 bits per heavy atom. The summed E-state index contributed by atoms with van der Waals surface area (Å²) < 4.78 is 10.6. The van der Waals surface area contributed by atoms with Crippen molar-refractivity contribution in [2.24, 2.45) is 0 Å². The van der Waals surface area contributed by atoms with Gasteiger partial charge in [0.1, 0.15) is 5.75 Å². The molecular weight excluding hydrogens is 216 g/mol. The maximum Gasteiger partial charge on any atom is 0.122 e. The molecule has 0 aliphatic carbocycles. The van der Waals surface area contributed by atoms with Crippen LogP contribution in [0.5, 0.6) is 5.75 Å². The Balaban J connectivity index is 2.31. The molecule has 0 fully saturated rings. The molecule has 1 heterocycles. The van der Waals surface area contributed by atoms with E-state index in [9.17, 15) is 0 Å². The summed E-state index contributed by atoms with van der Waals surface area (Å²) in [7, 11) is 1.70. The molecule has 4 heteroatoms. The second-order valence-electron chi connectivity index (χ2n) is 3.85. The van der Waals surface area contributed by atoms with Gasteiger partial charge >= 0.3 is 0 Å². The average molecular weight is 238 g/mol. The van der Waals surface area contributed by atoms with Gasteiger partial charge < -0.3 is 14.8 Å². The van der Waals surface area contributed by atoms with Crippen LogP contribution in [0.4, 0.5) is 0 Å². The van der Waals surface area contributed by atoms with Crippen LogP contribution >= 0.6 is 0 Å². The number of hydrogen-bond donors (Lipinski definition) is 1. The molecule has 0 aromatic carbocycles. The fourth-order valence-electron chi connectivity index (χ4n) is 1.43. The second kappa shape index (κ2) is 8.96. The second-order valence-corrected chi connectivity index (χ2v) is 3.85. The van der Waals surface area contributed by atoms with Crippen molar-refractivity contribution in [2.45, 2.75) is 26.3 Å². The van der Waals surface area contributed by atoms with Gasteiger partial charge in [0.25, 0.3) is 0 Å². The Hall–Kier alpha value is -1.13. The Bertz CT molecular complexity index is 305. The number of rotatable bonds is 9. The maximum absolute atomic E-state index is 5.61. The summed E-state index contributed by atoms with van der Waals surface area (Å²) >= 11 is 0. The van der Waals surface area contributed by atoms with E-state index in [2.05, 4.69) is 17.2 Å². The lowest BCUT2D eigenvalue weighted by atomic mass is 10.3. The molecule has 0 saturated heterocycles. The minimum Gasteiger partial charge on any atom is -0.493 e. The predicted octanol–water partition coefficient (Wildman–Crippen LogP) is 2.00. The van der Waals surface area contributed by atoms with E-state index in [1.54, 1.807) is 13.3 Å². The quantitative estimate of drug-likeness (QED) is 0.668. The van der Waals surface area contributed by atoms with E-state index in [0.29, 0.717) is 6.61 Å². The van der Waals surface area contributed by atoms with Gasteiger partial charge in [-0.05, 0) is 19.0 Å². The molecule has 0 bridgehead atoms. The molecule has 96 valence electrons. The number of nitrogens with zero attached hydrogens (tertiary/aromatic N) is 1. The highest BCUT2D eigenvalue weighted by Crippen LogP contribution is 2.11. The van der Waals surface area contributed by atoms with Crippen molar-refractivity contribution in [2.75, 3.05) is 26.9 Å².